The van der Waals surface area contributed by atoms with Crippen LogP contribution in [-0.4, -0.2) is 22.5 Å². The van der Waals surface area contributed by atoms with Crippen molar-refractivity contribution in [2.75, 3.05) is 11.9 Å². The van der Waals surface area contributed by atoms with Crippen LogP contribution in [0.1, 0.15) is 17.3 Å². The van der Waals surface area contributed by atoms with Gasteiger partial charge in [0.15, 0.2) is 0 Å². The van der Waals surface area contributed by atoms with Crippen LogP contribution >= 0.6 is 11.3 Å². The van der Waals surface area contributed by atoms with E-state index in [0.717, 1.165) is 15.2 Å². The van der Waals surface area contributed by atoms with Crippen molar-refractivity contribution >= 4 is 33.1 Å². The normalized spacial score (nSPS) is 10.7. The second-order valence-corrected chi connectivity index (χ2v) is 6.80. The van der Waals surface area contributed by atoms with E-state index < -0.39 is 0 Å². The Morgan fingerprint density at radius 1 is 1.07 bits per heavy atom. The Labute approximate surface area is 160 Å². The molecule has 27 heavy (non-hydrogen) atoms. The number of ether oxygens (including phenoxy) is 1. The summed E-state index contributed by atoms with van der Waals surface area (Å²) in [4.78, 5) is 22.0. The van der Waals surface area contributed by atoms with Gasteiger partial charge in [-0.15, -0.1) is 11.3 Å². The Morgan fingerprint density at radius 2 is 1.89 bits per heavy atom. The predicted molar refractivity (Wildman–Crippen MR) is 108 cm³/mol. The summed E-state index contributed by atoms with van der Waals surface area (Å²) in [7, 11) is 0. The quantitative estimate of drug-likeness (QED) is 0.533. The van der Waals surface area contributed by atoms with Crippen molar-refractivity contribution in [3.05, 3.63) is 72.4 Å². The highest BCUT2D eigenvalue weighted by Gasteiger charge is 2.18. The van der Waals surface area contributed by atoms with Crippen LogP contribution in [-0.2, 0) is 0 Å². The van der Waals surface area contributed by atoms with Gasteiger partial charge in [0.05, 0.1) is 28.1 Å². The van der Waals surface area contributed by atoms with E-state index >= 15 is 0 Å². The average molecular weight is 375 g/mol. The molecule has 0 fully saturated rings. The molecule has 0 radical (unpaired) electrons. The second kappa shape index (κ2) is 7.55. The number of para-hydroxylation sites is 3. The van der Waals surface area contributed by atoms with E-state index in [0.29, 0.717) is 29.3 Å². The molecule has 0 aliphatic rings. The number of fused-ring (bicyclic) bond motifs is 1. The number of aromatic nitrogens is 2. The fraction of sp³-hybridized carbons (Fsp3) is 0.0952. The SMILES string of the molecule is CCOc1ccccc1NC(=O)c1cccnc1-c1nc2ccccc2s1. The molecule has 2 aromatic heterocycles. The third-order valence-corrected chi connectivity index (χ3v) is 5.03. The van der Waals surface area contributed by atoms with Crippen LogP contribution < -0.4 is 10.1 Å². The zero-order chi connectivity index (χ0) is 18.6. The summed E-state index contributed by atoms with van der Waals surface area (Å²) in [5.74, 6) is 0.392. The van der Waals surface area contributed by atoms with Crippen LogP contribution in [0.5, 0.6) is 5.75 Å². The van der Waals surface area contributed by atoms with E-state index in [1.54, 1.807) is 18.3 Å². The number of nitrogens with one attached hydrogen (secondary N) is 1. The fourth-order valence-electron chi connectivity index (χ4n) is 2.77. The first kappa shape index (κ1) is 17.2. The lowest BCUT2D eigenvalue weighted by atomic mass is 10.1. The summed E-state index contributed by atoms with van der Waals surface area (Å²) in [6, 6.07) is 18.8. The van der Waals surface area contributed by atoms with E-state index in [-0.39, 0.29) is 5.91 Å². The first-order valence-electron chi connectivity index (χ1n) is 8.60. The maximum Gasteiger partial charge on any atom is 0.258 e. The lowest BCUT2D eigenvalue weighted by Crippen LogP contribution is -2.14. The summed E-state index contributed by atoms with van der Waals surface area (Å²) >= 11 is 1.52. The van der Waals surface area contributed by atoms with Gasteiger partial charge in [-0.05, 0) is 43.3 Å². The number of thiazole rings is 1. The first-order valence-corrected chi connectivity index (χ1v) is 9.42. The van der Waals surface area contributed by atoms with Crippen LogP contribution in [0.15, 0.2) is 66.9 Å². The van der Waals surface area contributed by atoms with Crippen molar-refractivity contribution < 1.29 is 9.53 Å². The summed E-state index contributed by atoms with van der Waals surface area (Å²) in [6.45, 7) is 2.43. The van der Waals surface area contributed by atoms with Crippen LogP contribution in [0.25, 0.3) is 20.9 Å². The molecule has 0 unspecified atom stereocenters. The summed E-state index contributed by atoms with van der Waals surface area (Å²) in [5, 5.41) is 3.65. The van der Waals surface area contributed by atoms with Crippen molar-refractivity contribution in [2.24, 2.45) is 0 Å². The van der Waals surface area contributed by atoms with Crippen molar-refractivity contribution in [2.45, 2.75) is 6.92 Å². The number of nitrogens with zero attached hydrogens (tertiary/aromatic N) is 2. The van der Waals surface area contributed by atoms with Gasteiger partial charge in [-0.2, -0.15) is 0 Å². The Kier molecular flexibility index (Phi) is 4.80. The number of hydrogen-bond donors (Lipinski definition) is 1. The Morgan fingerprint density at radius 3 is 2.74 bits per heavy atom. The molecule has 1 N–H and O–H groups in total. The number of pyridine rings is 1. The smallest absolute Gasteiger partial charge is 0.258 e. The molecule has 0 bridgehead atoms. The van der Waals surface area contributed by atoms with Crippen LogP contribution in [0.2, 0.25) is 0 Å². The molecular weight excluding hydrogens is 358 g/mol. The summed E-state index contributed by atoms with van der Waals surface area (Å²) in [5.41, 5.74) is 2.58. The van der Waals surface area contributed by atoms with E-state index in [1.165, 1.54) is 11.3 Å². The van der Waals surface area contributed by atoms with Crippen molar-refractivity contribution in [3.8, 4) is 16.5 Å². The molecule has 6 heteroatoms. The number of amides is 1. The molecule has 134 valence electrons. The third-order valence-electron chi connectivity index (χ3n) is 3.98. The number of rotatable bonds is 5. The van der Waals surface area contributed by atoms with Crippen LogP contribution in [0.3, 0.4) is 0 Å². The van der Waals surface area contributed by atoms with Crippen molar-refractivity contribution in [1.29, 1.82) is 0 Å². The lowest BCUT2D eigenvalue weighted by Gasteiger charge is -2.12. The van der Waals surface area contributed by atoms with Crippen molar-refractivity contribution in [3.63, 3.8) is 0 Å². The molecule has 1 amide bonds. The first-order chi connectivity index (χ1) is 13.3. The zero-order valence-corrected chi connectivity index (χ0v) is 15.5. The Balaban J connectivity index is 1.70. The maximum absolute atomic E-state index is 13.0. The highest BCUT2D eigenvalue weighted by Crippen LogP contribution is 2.31. The molecule has 0 spiro atoms. The molecule has 0 aliphatic heterocycles. The van der Waals surface area contributed by atoms with E-state index in [9.17, 15) is 4.79 Å². The molecule has 0 aliphatic carbocycles. The van der Waals surface area contributed by atoms with Gasteiger partial charge in [0.25, 0.3) is 5.91 Å². The van der Waals surface area contributed by atoms with Crippen LogP contribution in [0.4, 0.5) is 5.69 Å². The number of carbonyl (C=O) groups is 1. The topological polar surface area (TPSA) is 64.1 Å². The zero-order valence-electron chi connectivity index (χ0n) is 14.7. The summed E-state index contributed by atoms with van der Waals surface area (Å²) < 4.78 is 6.65. The van der Waals surface area contributed by atoms with Gasteiger partial charge >= 0.3 is 0 Å². The third kappa shape index (κ3) is 3.52. The van der Waals surface area contributed by atoms with Crippen molar-refractivity contribution in [1.82, 2.24) is 9.97 Å². The average Bonchev–Trinajstić information content (AvgIpc) is 3.14. The molecule has 0 saturated heterocycles. The fourth-order valence-corrected chi connectivity index (χ4v) is 3.75. The minimum absolute atomic E-state index is 0.246. The van der Waals surface area contributed by atoms with Gasteiger partial charge in [0, 0.05) is 6.20 Å². The number of hydrogen-bond acceptors (Lipinski definition) is 5. The summed E-state index contributed by atoms with van der Waals surface area (Å²) in [6.07, 6.45) is 1.67. The minimum Gasteiger partial charge on any atom is -0.492 e. The van der Waals surface area contributed by atoms with Gasteiger partial charge in [0.2, 0.25) is 0 Å². The predicted octanol–water partition coefficient (Wildman–Crippen LogP) is 5.01. The van der Waals surface area contributed by atoms with Gasteiger partial charge in [-0.25, -0.2) is 4.98 Å². The molecule has 5 nitrogen and oxygen atoms in total. The highest BCUT2D eigenvalue weighted by atomic mass is 32.1. The Hall–Kier alpha value is -3.25. The lowest BCUT2D eigenvalue weighted by molar-refractivity contribution is 0.102. The second-order valence-electron chi connectivity index (χ2n) is 5.77. The highest BCUT2D eigenvalue weighted by molar-refractivity contribution is 7.21. The van der Waals surface area contributed by atoms with Gasteiger partial charge in [0.1, 0.15) is 16.5 Å². The maximum atomic E-state index is 13.0. The molecule has 4 aromatic rings. The largest absolute Gasteiger partial charge is 0.492 e. The molecule has 2 heterocycles. The molecular formula is C21H17N3O2S. The number of anilines is 1. The monoisotopic (exact) mass is 375 g/mol. The number of benzene rings is 2. The standard InChI is InChI=1S/C21H17N3O2S/c1-2-26-17-11-5-3-9-15(17)23-20(25)14-8-7-13-22-19(14)21-24-16-10-4-6-12-18(16)27-21/h3-13H,2H2,1H3,(H,23,25). The molecule has 0 atom stereocenters. The molecule has 2 aromatic carbocycles. The molecule has 4 rings (SSSR count). The van der Waals surface area contributed by atoms with Gasteiger partial charge < -0.3 is 10.1 Å². The number of carbonyl (C=O) groups excluding carboxylic acids is 1. The van der Waals surface area contributed by atoms with E-state index in [1.807, 2.05) is 55.5 Å². The molecule has 0 saturated carbocycles. The van der Waals surface area contributed by atoms with Gasteiger partial charge in [-0.3, -0.25) is 9.78 Å². The van der Waals surface area contributed by atoms with Gasteiger partial charge in [-0.1, -0.05) is 24.3 Å². The Bertz CT molecular complexity index is 1070. The van der Waals surface area contributed by atoms with Crippen LogP contribution in [0, 0.1) is 0 Å². The minimum atomic E-state index is -0.246. The van der Waals surface area contributed by atoms with E-state index in [4.69, 9.17) is 4.74 Å². The van der Waals surface area contributed by atoms with E-state index in [2.05, 4.69) is 15.3 Å².